The first-order valence-corrected chi connectivity index (χ1v) is 6.53. The molecule has 5 heteroatoms. The standard InChI is InChI=1S/C14H17N3O.ClH/c18-14-16-13(11-4-2-1-3-5-11)10-17(14)12-6-8-15-9-7-12;/h1-5,10,12,15H,6-9H2,(H,16,18);1H. The molecule has 0 aliphatic carbocycles. The Balaban J connectivity index is 0.00000133. The van der Waals surface area contributed by atoms with Crippen molar-refractivity contribution in [3.05, 3.63) is 47.0 Å². The highest BCUT2D eigenvalue weighted by Gasteiger charge is 2.19. The maximum atomic E-state index is 12.0. The predicted octanol–water partition coefficient (Wildman–Crippen LogP) is -2.25. The number of quaternary nitrogens is 1. The first kappa shape index (κ1) is 13.9. The summed E-state index contributed by atoms with van der Waals surface area (Å²) in [5.41, 5.74) is 1.99. The molecule has 0 bridgehead atoms. The maximum absolute atomic E-state index is 12.0. The molecule has 19 heavy (non-hydrogen) atoms. The Kier molecular flexibility index (Phi) is 4.45. The van der Waals surface area contributed by atoms with Crippen molar-refractivity contribution in [2.45, 2.75) is 18.9 Å². The quantitative estimate of drug-likeness (QED) is 0.641. The highest BCUT2D eigenvalue weighted by atomic mass is 35.5. The van der Waals surface area contributed by atoms with Gasteiger partial charge in [0.15, 0.2) is 0 Å². The molecule has 0 atom stereocenters. The number of aromatic nitrogens is 2. The summed E-state index contributed by atoms with van der Waals surface area (Å²) in [7, 11) is 0. The minimum Gasteiger partial charge on any atom is -1.00 e. The largest absolute Gasteiger partial charge is 1.00 e. The summed E-state index contributed by atoms with van der Waals surface area (Å²) < 4.78 is 1.87. The summed E-state index contributed by atoms with van der Waals surface area (Å²) in [6.45, 7) is 2.23. The van der Waals surface area contributed by atoms with Crippen LogP contribution in [0.1, 0.15) is 18.9 Å². The molecule has 1 fully saturated rings. The number of nitrogens with two attached hydrogens (primary N) is 1. The summed E-state index contributed by atoms with van der Waals surface area (Å²) in [5.74, 6) is 0. The molecule has 1 saturated heterocycles. The van der Waals surface area contributed by atoms with E-state index in [1.807, 2.05) is 41.1 Å². The van der Waals surface area contributed by atoms with Crippen molar-refractivity contribution >= 4 is 0 Å². The topological polar surface area (TPSA) is 54.4 Å². The third-order valence-electron chi connectivity index (χ3n) is 3.63. The lowest BCUT2D eigenvalue weighted by atomic mass is 10.1. The summed E-state index contributed by atoms with van der Waals surface area (Å²) in [5, 5.41) is 2.31. The van der Waals surface area contributed by atoms with Crippen LogP contribution in [0.3, 0.4) is 0 Å². The van der Waals surface area contributed by atoms with Crippen molar-refractivity contribution in [2.75, 3.05) is 13.1 Å². The molecule has 2 aromatic rings. The smallest absolute Gasteiger partial charge is 0.326 e. The molecule has 3 N–H and O–H groups in total. The molecule has 1 aliphatic heterocycles. The summed E-state index contributed by atoms with van der Waals surface area (Å²) in [4.78, 5) is 15.0. The number of piperidine rings is 1. The minimum atomic E-state index is 0. The van der Waals surface area contributed by atoms with E-state index in [1.165, 1.54) is 0 Å². The number of hydrogen-bond acceptors (Lipinski definition) is 1. The number of H-pyrrole nitrogens is 1. The molecule has 102 valence electrons. The Morgan fingerprint density at radius 2 is 1.84 bits per heavy atom. The lowest BCUT2D eigenvalue weighted by Gasteiger charge is -2.20. The molecule has 1 aliphatic rings. The van der Waals surface area contributed by atoms with Gasteiger partial charge in [-0.25, -0.2) is 4.79 Å². The zero-order chi connectivity index (χ0) is 12.4. The number of rotatable bonds is 2. The molecule has 0 saturated carbocycles. The zero-order valence-corrected chi connectivity index (χ0v) is 11.4. The first-order chi connectivity index (χ1) is 8.84. The minimum absolute atomic E-state index is 0. The van der Waals surface area contributed by atoms with Crippen LogP contribution in [0.5, 0.6) is 0 Å². The molecule has 2 heterocycles. The van der Waals surface area contributed by atoms with E-state index in [-0.39, 0.29) is 18.1 Å². The van der Waals surface area contributed by atoms with Gasteiger partial charge in [-0.2, -0.15) is 0 Å². The number of nitrogens with zero attached hydrogens (tertiary/aromatic N) is 1. The van der Waals surface area contributed by atoms with Crippen molar-refractivity contribution in [3.63, 3.8) is 0 Å². The van der Waals surface area contributed by atoms with Gasteiger partial charge in [-0.1, -0.05) is 30.3 Å². The third kappa shape index (κ3) is 2.91. The number of aromatic amines is 1. The number of imidazole rings is 1. The fourth-order valence-electron chi connectivity index (χ4n) is 2.63. The average molecular weight is 280 g/mol. The SMILES string of the molecule is O=c1[nH]c(-c2ccccc2)cn1C1CC[NH2+]CC1.[Cl-]. The van der Waals surface area contributed by atoms with Crippen LogP contribution < -0.4 is 23.4 Å². The Morgan fingerprint density at radius 3 is 2.53 bits per heavy atom. The average Bonchev–Trinajstić information content (AvgIpc) is 2.83. The van der Waals surface area contributed by atoms with Gasteiger partial charge in [-0.05, 0) is 5.56 Å². The molecule has 0 spiro atoms. The normalized spacial score (nSPS) is 16.0. The maximum Gasteiger partial charge on any atom is 0.326 e. The lowest BCUT2D eigenvalue weighted by molar-refractivity contribution is -0.664. The summed E-state index contributed by atoms with van der Waals surface area (Å²) in [6.07, 6.45) is 4.12. The van der Waals surface area contributed by atoms with Gasteiger partial charge in [0.1, 0.15) is 0 Å². The van der Waals surface area contributed by atoms with Gasteiger partial charge < -0.3 is 22.7 Å². The van der Waals surface area contributed by atoms with Crippen molar-refractivity contribution in [1.82, 2.24) is 9.55 Å². The van der Waals surface area contributed by atoms with E-state index in [0.29, 0.717) is 6.04 Å². The van der Waals surface area contributed by atoms with Crippen molar-refractivity contribution in [1.29, 1.82) is 0 Å². The van der Waals surface area contributed by atoms with Crippen LogP contribution in [-0.4, -0.2) is 22.6 Å². The zero-order valence-electron chi connectivity index (χ0n) is 10.7. The number of benzene rings is 1. The van der Waals surface area contributed by atoms with E-state index in [1.54, 1.807) is 0 Å². The first-order valence-electron chi connectivity index (χ1n) is 6.53. The second-order valence-corrected chi connectivity index (χ2v) is 4.84. The highest BCUT2D eigenvalue weighted by molar-refractivity contribution is 5.57. The van der Waals surface area contributed by atoms with E-state index in [0.717, 1.165) is 37.2 Å². The van der Waals surface area contributed by atoms with E-state index >= 15 is 0 Å². The second-order valence-electron chi connectivity index (χ2n) is 4.84. The van der Waals surface area contributed by atoms with Crippen LogP contribution in [0.15, 0.2) is 41.3 Å². The Bertz CT molecular complexity index is 570. The van der Waals surface area contributed by atoms with Crippen LogP contribution in [-0.2, 0) is 0 Å². The molecule has 1 aromatic heterocycles. The summed E-state index contributed by atoms with van der Waals surface area (Å²) in [6, 6.07) is 10.3. The van der Waals surface area contributed by atoms with Gasteiger partial charge in [0, 0.05) is 25.1 Å². The van der Waals surface area contributed by atoms with Crippen LogP contribution in [0.2, 0.25) is 0 Å². The fraction of sp³-hybridized carbons (Fsp3) is 0.357. The second kappa shape index (κ2) is 6.08. The van der Waals surface area contributed by atoms with Gasteiger partial charge in [0.2, 0.25) is 0 Å². The van der Waals surface area contributed by atoms with Gasteiger partial charge in [-0.3, -0.25) is 4.57 Å². The van der Waals surface area contributed by atoms with E-state index < -0.39 is 0 Å². The monoisotopic (exact) mass is 279 g/mol. The number of hydrogen-bond donors (Lipinski definition) is 2. The van der Waals surface area contributed by atoms with Crippen LogP contribution in [0.4, 0.5) is 0 Å². The third-order valence-corrected chi connectivity index (χ3v) is 3.63. The molecule has 1 aromatic carbocycles. The number of halogens is 1. The predicted molar refractivity (Wildman–Crippen MR) is 70.4 cm³/mol. The van der Waals surface area contributed by atoms with Gasteiger partial charge in [-0.15, -0.1) is 0 Å². The highest BCUT2D eigenvalue weighted by Crippen LogP contribution is 2.19. The van der Waals surface area contributed by atoms with Crippen molar-refractivity contribution in [2.24, 2.45) is 0 Å². The molecular formula is C14H18ClN3O. The Labute approximate surface area is 118 Å². The molecule has 4 nitrogen and oxygen atoms in total. The fourth-order valence-corrected chi connectivity index (χ4v) is 2.63. The van der Waals surface area contributed by atoms with E-state index in [4.69, 9.17) is 0 Å². The van der Waals surface area contributed by atoms with Crippen LogP contribution >= 0.6 is 0 Å². The lowest BCUT2D eigenvalue weighted by Crippen LogP contribution is -3.00. The van der Waals surface area contributed by atoms with E-state index in [9.17, 15) is 4.79 Å². The van der Waals surface area contributed by atoms with Gasteiger partial charge >= 0.3 is 5.69 Å². The van der Waals surface area contributed by atoms with E-state index in [2.05, 4.69) is 10.3 Å². The molecule has 0 radical (unpaired) electrons. The van der Waals surface area contributed by atoms with Gasteiger partial charge in [0.05, 0.1) is 18.8 Å². The van der Waals surface area contributed by atoms with Gasteiger partial charge in [0.25, 0.3) is 0 Å². The summed E-state index contributed by atoms with van der Waals surface area (Å²) >= 11 is 0. The van der Waals surface area contributed by atoms with Crippen LogP contribution in [0, 0.1) is 0 Å². The number of nitrogens with one attached hydrogen (secondary N) is 1. The van der Waals surface area contributed by atoms with Crippen molar-refractivity contribution in [3.8, 4) is 11.3 Å². The van der Waals surface area contributed by atoms with Crippen molar-refractivity contribution < 1.29 is 17.7 Å². The molecule has 0 unspecified atom stereocenters. The Hall–Kier alpha value is -1.52. The Morgan fingerprint density at radius 1 is 1.16 bits per heavy atom. The molecule has 0 amide bonds. The van der Waals surface area contributed by atoms with Crippen LogP contribution in [0.25, 0.3) is 11.3 Å². The molecule has 3 rings (SSSR count). The molecular weight excluding hydrogens is 262 g/mol.